The molecule has 4 heteroatoms. The van der Waals surface area contributed by atoms with Gasteiger partial charge in [0.2, 0.25) is 0 Å². The Balaban J connectivity index is 2.21. The summed E-state index contributed by atoms with van der Waals surface area (Å²) < 4.78 is 2.23. The van der Waals surface area contributed by atoms with Gasteiger partial charge in [0.15, 0.2) is 0 Å². The average Bonchev–Trinajstić information content (AvgIpc) is 3.09. The van der Waals surface area contributed by atoms with Gasteiger partial charge in [-0.1, -0.05) is 19.4 Å². The van der Waals surface area contributed by atoms with Gasteiger partial charge in [-0.25, -0.2) is 4.98 Å². The van der Waals surface area contributed by atoms with E-state index in [4.69, 9.17) is 16.9 Å². The van der Waals surface area contributed by atoms with Crippen molar-refractivity contribution in [2.75, 3.05) is 0 Å². The molecule has 1 heterocycles. The summed E-state index contributed by atoms with van der Waals surface area (Å²) in [6.07, 6.45) is 2.38. The van der Waals surface area contributed by atoms with Crippen LogP contribution in [0.15, 0.2) is 18.2 Å². The molecule has 1 aromatic carbocycles. The molecule has 1 aliphatic carbocycles. The monoisotopic (exact) mass is 259 g/mol. The minimum Gasteiger partial charge on any atom is -0.324 e. The van der Waals surface area contributed by atoms with Gasteiger partial charge in [0.25, 0.3) is 0 Å². The molecule has 0 aliphatic heterocycles. The molecule has 3 nitrogen and oxygen atoms in total. The van der Waals surface area contributed by atoms with Crippen LogP contribution in [0.5, 0.6) is 0 Å². The van der Waals surface area contributed by atoms with Crippen molar-refractivity contribution in [3.8, 4) is 6.07 Å². The fourth-order valence-corrected chi connectivity index (χ4v) is 2.89. The number of alkyl halides is 1. The van der Waals surface area contributed by atoms with Crippen LogP contribution in [0.3, 0.4) is 0 Å². The third kappa shape index (κ3) is 1.60. The van der Waals surface area contributed by atoms with E-state index in [1.807, 2.05) is 18.2 Å². The largest absolute Gasteiger partial charge is 0.324 e. The highest BCUT2D eigenvalue weighted by atomic mass is 35.5. The van der Waals surface area contributed by atoms with Crippen molar-refractivity contribution < 1.29 is 0 Å². The van der Waals surface area contributed by atoms with Gasteiger partial charge >= 0.3 is 0 Å². The van der Waals surface area contributed by atoms with Crippen molar-refractivity contribution in [1.29, 1.82) is 5.26 Å². The molecule has 92 valence electrons. The van der Waals surface area contributed by atoms with E-state index in [9.17, 15) is 0 Å². The SMILES string of the molecule is CCC1CC1n1c(CCl)nc2c(C#N)cccc21. The Morgan fingerprint density at radius 2 is 2.39 bits per heavy atom. The number of hydrogen-bond donors (Lipinski definition) is 0. The first kappa shape index (κ1) is 11.6. The summed E-state index contributed by atoms with van der Waals surface area (Å²) in [5, 5.41) is 9.13. The Kier molecular flexibility index (Phi) is 2.76. The summed E-state index contributed by atoms with van der Waals surface area (Å²) in [5.41, 5.74) is 2.47. The lowest BCUT2D eigenvalue weighted by Gasteiger charge is -2.06. The molecule has 1 aromatic heterocycles. The molecule has 2 atom stereocenters. The zero-order chi connectivity index (χ0) is 12.7. The lowest BCUT2D eigenvalue weighted by molar-refractivity contribution is 0.637. The Morgan fingerprint density at radius 3 is 3.00 bits per heavy atom. The van der Waals surface area contributed by atoms with E-state index in [0.717, 1.165) is 22.8 Å². The van der Waals surface area contributed by atoms with Gasteiger partial charge in [0, 0.05) is 6.04 Å². The standard InChI is InChI=1S/C14H14ClN3/c1-2-9-6-12(9)18-11-5-3-4-10(8-16)14(11)17-13(18)7-15/h3-5,9,12H,2,6-7H2,1H3. The minimum atomic E-state index is 0.395. The van der Waals surface area contributed by atoms with Gasteiger partial charge in [0.05, 0.1) is 17.0 Å². The van der Waals surface area contributed by atoms with Crippen LogP contribution in [0.4, 0.5) is 0 Å². The van der Waals surface area contributed by atoms with Gasteiger partial charge in [-0.2, -0.15) is 5.26 Å². The first-order valence-electron chi connectivity index (χ1n) is 6.26. The molecular weight excluding hydrogens is 246 g/mol. The molecule has 0 amide bonds. The number of halogens is 1. The van der Waals surface area contributed by atoms with E-state index in [1.165, 1.54) is 12.8 Å². The lowest BCUT2D eigenvalue weighted by atomic mass is 10.2. The molecule has 1 aliphatic rings. The smallest absolute Gasteiger partial charge is 0.125 e. The highest BCUT2D eigenvalue weighted by molar-refractivity contribution is 6.16. The second-order valence-electron chi connectivity index (χ2n) is 4.79. The van der Waals surface area contributed by atoms with Gasteiger partial charge in [-0.3, -0.25) is 0 Å². The Hall–Kier alpha value is -1.53. The normalized spacial score (nSPS) is 22.1. The van der Waals surface area contributed by atoms with Gasteiger partial charge < -0.3 is 4.57 Å². The molecule has 0 N–H and O–H groups in total. The molecule has 1 saturated carbocycles. The van der Waals surface area contributed by atoms with Gasteiger partial charge in [-0.15, -0.1) is 11.6 Å². The van der Waals surface area contributed by atoms with Crippen LogP contribution in [-0.2, 0) is 5.88 Å². The Bertz CT molecular complexity index is 638. The maximum atomic E-state index is 9.13. The highest BCUT2D eigenvalue weighted by Gasteiger charge is 2.39. The second-order valence-corrected chi connectivity index (χ2v) is 5.06. The number of imidazole rings is 1. The van der Waals surface area contributed by atoms with E-state index in [1.54, 1.807) is 0 Å². The molecule has 0 bridgehead atoms. The summed E-state index contributed by atoms with van der Waals surface area (Å²) in [7, 11) is 0. The number of aromatic nitrogens is 2. The number of para-hydroxylation sites is 1. The van der Waals surface area contributed by atoms with Crippen LogP contribution in [0.25, 0.3) is 11.0 Å². The third-order valence-electron chi connectivity index (χ3n) is 3.77. The van der Waals surface area contributed by atoms with Gasteiger partial charge in [0.1, 0.15) is 17.4 Å². The topological polar surface area (TPSA) is 41.6 Å². The van der Waals surface area contributed by atoms with E-state index in [-0.39, 0.29) is 0 Å². The number of benzene rings is 1. The summed E-state index contributed by atoms with van der Waals surface area (Å²) in [5.74, 6) is 2.01. The maximum Gasteiger partial charge on any atom is 0.125 e. The molecule has 0 radical (unpaired) electrons. The number of nitrogens with zero attached hydrogens (tertiary/aromatic N) is 3. The zero-order valence-electron chi connectivity index (χ0n) is 10.2. The van der Waals surface area contributed by atoms with E-state index in [2.05, 4.69) is 22.5 Å². The van der Waals surface area contributed by atoms with Crippen LogP contribution < -0.4 is 0 Å². The number of fused-ring (bicyclic) bond motifs is 1. The van der Waals surface area contributed by atoms with E-state index in [0.29, 0.717) is 17.5 Å². The Morgan fingerprint density at radius 1 is 1.56 bits per heavy atom. The van der Waals surface area contributed by atoms with Crippen molar-refractivity contribution in [3.05, 3.63) is 29.6 Å². The van der Waals surface area contributed by atoms with Crippen molar-refractivity contribution >= 4 is 22.6 Å². The van der Waals surface area contributed by atoms with Crippen LogP contribution in [0, 0.1) is 17.2 Å². The molecular formula is C14H14ClN3. The van der Waals surface area contributed by atoms with Crippen LogP contribution >= 0.6 is 11.6 Å². The summed E-state index contributed by atoms with van der Waals surface area (Å²) in [6, 6.07) is 8.47. The van der Waals surface area contributed by atoms with Crippen LogP contribution in [-0.4, -0.2) is 9.55 Å². The molecule has 0 spiro atoms. The first-order chi connectivity index (χ1) is 8.80. The molecule has 3 rings (SSSR count). The summed E-state index contributed by atoms with van der Waals surface area (Å²) in [6.45, 7) is 2.21. The minimum absolute atomic E-state index is 0.395. The first-order valence-corrected chi connectivity index (χ1v) is 6.79. The predicted molar refractivity (Wildman–Crippen MR) is 71.4 cm³/mol. The van der Waals surface area contributed by atoms with Crippen molar-refractivity contribution in [1.82, 2.24) is 9.55 Å². The van der Waals surface area contributed by atoms with Crippen molar-refractivity contribution in [2.45, 2.75) is 31.7 Å². The van der Waals surface area contributed by atoms with Crippen molar-refractivity contribution in [3.63, 3.8) is 0 Å². The number of rotatable bonds is 3. The average molecular weight is 260 g/mol. The number of nitriles is 1. The molecule has 2 unspecified atom stereocenters. The van der Waals surface area contributed by atoms with Gasteiger partial charge in [-0.05, 0) is 24.5 Å². The fraction of sp³-hybridized carbons (Fsp3) is 0.429. The van der Waals surface area contributed by atoms with Crippen LogP contribution in [0.2, 0.25) is 0 Å². The summed E-state index contributed by atoms with van der Waals surface area (Å²) in [4.78, 5) is 4.54. The molecule has 2 aromatic rings. The second kappa shape index (κ2) is 4.29. The molecule has 0 saturated heterocycles. The van der Waals surface area contributed by atoms with E-state index >= 15 is 0 Å². The molecule has 18 heavy (non-hydrogen) atoms. The zero-order valence-corrected chi connectivity index (χ0v) is 11.0. The quantitative estimate of drug-likeness (QED) is 0.790. The van der Waals surface area contributed by atoms with Crippen molar-refractivity contribution in [2.24, 2.45) is 5.92 Å². The predicted octanol–water partition coefficient (Wildman–Crippen LogP) is 3.62. The van der Waals surface area contributed by atoms with Crippen LogP contribution in [0.1, 0.15) is 37.2 Å². The third-order valence-corrected chi connectivity index (χ3v) is 4.01. The lowest BCUT2D eigenvalue weighted by Crippen LogP contribution is -2.01. The number of hydrogen-bond acceptors (Lipinski definition) is 2. The highest BCUT2D eigenvalue weighted by Crippen LogP contribution is 2.47. The maximum absolute atomic E-state index is 9.13. The summed E-state index contributed by atoms with van der Waals surface area (Å²) >= 11 is 6.00. The van der Waals surface area contributed by atoms with E-state index < -0.39 is 0 Å². The fourth-order valence-electron chi connectivity index (χ4n) is 2.71. The Labute approximate surface area is 111 Å². The molecule has 1 fully saturated rings.